The molecule has 0 aliphatic carbocycles. The van der Waals surface area contributed by atoms with E-state index in [4.69, 9.17) is 5.73 Å². The zero-order valence-corrected chi connectivity index (χ0v) is 9.55. The molecule has 0 unspecified atom stereocenters. The molecule has 0 aromatic heterocycles. The summed E-state index contributed by atoms with van der Waals surface area (Å²) in [7, 11) is 1.69. The van der Waals surface area contributed by atoms with E-state index in [0.29, 0.717) is 12.4 Å². The van der Waals surface area contributed by atoms with Crippen LogP contribution in [0.5, 0.6) is 0 Å². The fourth-order valence-electron chi connectivity index (χ4n) is 1.81. The molecule has 0 fully saturated rings. The Balaban J connectivity index is 2.53. The number of hydrogen-bond donors (Lipinski definition) is 2. The standard InChI is InChI=1S/C12H14N4O/c1-14-12-9(6-13)7-16(8-17)11-5-3-2-4-10(11)15-12/h2-6,8H,7,13H2,1H3,(H,14,15)/b9-6-. The molecule has 0 bridgehead atoms. The van der Waals surface area contributed by atoms with Gasteiger partial charge in [0, 0.05) is 18.8 Å². The summed E-state index contributed by atoms with van der Waals surface area (Å²) in [4.78, 5) is 16.9. The number of fused-ring (bicyclic) bond motifs is 1. The van der Waals surface area contributed by atoms with Crippen molar-refractivity contribution in [2.75, 3.05) is 23.8 Å². The Labute approximate surface area is 99.6 Å². The van der Waals surface area contributed by atoms with Crippen LogP contribution < -0.4 is 16.0 Å². The van der Waals surface area contributed by atoms with Crippen molar-refractivity contribution in [3.05, 3.63) is 36.0 Å². The number of benzene rings is 1. The maximum Gasteiger partial charge on any atom is 0.214 e. The van der Waals surface area contributed by atoms with Crippen LogP contribution in [0.3, 0.4) is 0 Å². The lowest BCUT2D eigenvalue weighted by atomic mass is 10.2. The molecule has 0 radical (unpaired) electrons. The highest BCUT2D eigenvalue weighted by molar-refractivity contribution is 6.12. The van der Waals surface area contributed by atoms with Crippen molar-refractivity contribution in [1.29, 1.82) is 0 Å². The number of amidine groups is 1. The molecule has 1 aliphatic heterocycles. The van der Waals surface area contributed by atoms with Crippen LogP contribution in [0.1, 0.15) is 0 Å². The topological polar surface area (TPSA) is 70.7 Å². The lowest BCUT2D eigenvalue weighted by Crippen LogP contribution is -2.25. The minimum atomic E-state index is 0.413. The van der Waals surface area contributed by atoms with E-state index in [1.807, 2.05) is 24.3 Å². The van der Waals surface area contributed by atoms with E-state index in [0.717, 1.165) is 23.4 Å². The average molecular weight is 230 g/mol. The number of aliphatic imine (C=N–C) groups is 1. The first-order chi connectivity index (χ1) is 8.30. The highest BCUT2D eigenvalue weighted by atomic mass is 16.1. The van der Waals surface area contributed by atoms with E-state index in [1.54, 1.807) is 11.9 Å². The minimum Gasteiger partial charge on any atom is -0.404 e. The largest absolute Gasteiger partial charge is 0.404 e. The van der Waals surface area contributed by atoms with E-state index >= 15 is 0 Å². The number of para-hydroxylation sites is 2. The molecule has 17 heavy (non-hydrogen) atoms. The first-order valence-electron chi connectivity index (χ1n) is 5.26. The number of carbonyl (C=O) groups is 1. The summed E-state index contributed by atoms with van der Waals surface area (Å²) in [5.74, 6) is 0.685. The highest BCUT2D eigenvalue weighted by Crippen LogP contribution is 2.28. The van der Waals surface area contributed by atoms with Crippen molar-refractivity contribution in [3.8, 4) is 0 Å². The zero-order valence-electron chi connectivity index (χ0n) is 9.55. The van der Waals surface area contributed by atoms with Crippen LogP contribution in [-0.2, 0) is 4.79 Å². The summed E-state index contributed by atoms with van der Waals surface area (Å²) in [5.41, 5.74) is 8.02. The number of nitrogens with one attached hydrogen (secondary N) is 1. The van der Waals surface area contributed by atoms with Gasteiger partial charge < -0.3 is 16.0 Å². The normalized spacial score (nSPS) is 19.7. The predicted molar refractivity (Wildman–Crippen MR) is 69.1 cm³/mol. The molecule has 1 amide bonds. The maximum absolute atomic E-state index is 11.1. The number of nitrogens with two attached hydrogens (primary N) is 1. The third-order valence-corrected chi connectivity index (χ3v) is 2.66. The van der Waals surface area contributed by atoms with Gasteiger partial charge in [0.2, 0.25) is 6.41 Å². The Hall–Kier alpha value is -2.30. The Morgan fingerprint density at radius 1 is 1.47 bits per heavy atom. The van der Waals surface area contributed by atoms with Gasteiger partial charge in [-0.3, -0.25) is 9.79 Å². The van der Waals surface area contributed by atoms with Crippen LogP contribution in [0.4, 0.5) is 11.4 Å². The van der Waals surface area contributed by atoms with Crippen LogP contribution in [0, 0.1) is 0 Å². The van der Waals surface area contributed by atoms with Crippen molar-refractivity contribution in [2.24, 2.45) is 10.7 Å². The van der Waals surface area contributed by atoms with Crippen LogP contribution in [0.15, 0.2) is 41.0 Å². The zero-order chi connectivity index (χ0) is 12.3. The van der Waals surface area contributed by atoms with Gasteiger partial charge in [-0.2, -0.15) is 0 Å². The molecular formula is C12H14N4O. The van der Waals surface area contributed by atoms with Gasteiger partial charge in [-0.1, -0.05) is 12.1 Å². The number of carbonyl (C=O) groups excluding carboxylic acids is 1. The molecule has 0 atom stereocenters. The number of amides is 1. The molecule has 0 saturated carbocycles. The van der Waals surface area contributed by atoms with Crippen LogP contribution >= 0.6 is 0 Å². The third kappa shape index (κ3) is 1.99. The predicted octanol–water partition coefficient (Wildman–Crippen LogP) is 0.946. The second-order valence-corrected chi connectivity index (χ2v) is 3.64. The van der Waals surface area contributed by atoms with Gasteiger partial charge in [0.25, 0.3) is 0 Å². The molecule has 1 heterocycles. The SMILES string of the molecule is CN=C1Nc2ccccc2N(C=O)C/C1=C/N. The van der Waals surface area contributed by atoms with Crippen LogP contribution in [0.25, 0.3) is 0 Å². The molecule has 5 heteroatoms. The molecule has 1 aromatic rings. The van der Waals surface area contributed by atoms with Gasteiger partial charge in [0.1, 0.15) is 5.84 Å². The smallest absolute Gasteiger partial charge is 0.214 e. The summed E-state index contributed by atoms with van der Waals surface area (Å²) < 4.78 is 0. The van der Waals surface area contributed by atoms with Gasteiger partial charge in [0.15, 0.2) is 0 Å². The molecule has 0 saturated heterocycles. The first kappa shape index (κ1) is 11.2. The molecule has 0 spiro atoms. The van der Waals surface area contributed by atoms with Crippen LogP contribution in [-0.4, -0.2) is 25.8 Å². The Morgan fingerprint density at radius 3 is 2.88 bits per heavy atom. The van der Waals surface area contributed by atoms with E-state index < -0.39 is 0 Å². The number of nitrogens with zero attached hydrogens (tertiary/aromatic N) is 2. The van der Waals surface area contributed by atoms with Crippen molar-refractivity contribution < 1.29 is 4.79 Å². The fraction of sp³-hybridized carbons (Fsp3) is 0.167. The van der Waals surface area contributed by atoms with Crippen molar-refractivity contribution in [3.63, 3.8) is 0 Å². The number of anilines is 2. The summed E-state index contributed by atoms with van der Waals surface area (Å²) >= 11 is 0. The summed E-state index contributed by atoms with van der Waals surface area (Å²) in [6.45, 7) is 0.413. The van der Waals surface area contributed by atoms with Gasteiger partial charge >= 0.3 is 0 Å². The summed E-state index contributed by atoms with van der Waals surface area (Å²) in [6.07, 6.45) is 2.26. The molecule has 1 aliphatic rings. The highest BCUT2D eigenvalue weighted by Gasteiger charge is 2.20. The molecular weight excluding hydrogens is 216 g/mol. The van der Waals surface area contributed by atoms with E-state index in [1.165, 1.54) is 6.20 Å². The van der Waals surface area contributed by atoms with E-state index in [2.05, 4.69) is 10.3 Å². The third-order valence-electron chi connectivity index (χ3n) is 2.66. The monoisotopic (exact) mass is 230 g/mol. The maximum atomic E-state index is 11.1. The van der Waals surface area contributed by atoms with Crippen molar-refractivity contribution >= 4 is 23.6 Å². The molecule has 5 nitrogen and oxygen atoms in total. The van der Waals surface area contributed by atoms with Gasteiger partial charge in [-0.25, -0.2) is 0 Å². The van der Waals surface area contributed by atoms with Crippen molar-refractivity contribution in [2.45, 2.75) is 0 Å². The lowest BCUT2D eigenvalue weighted by molar-refractivity contribution is -0.107. The van der Waals surface area contributed by atoms with Crippen molar-refractivity contribution in [1.82, 2.24) is 0 Å². The number of hydrogen-bond acceptors (Lipinski definition) is 3. The lowest BCUT2D eigenvalue weighted by Gasteiger charge is -2.16. The Kier molecular flexibility index (Phi) is 3.09. The average Bonchev–Trinajstić information content (AvgIpc) is 2.54. The second kappa shape index (κ2) is 4.69. The van der Waals surface area contributed by atoms with Crippen LogP contribution in [0.2, 0.25) is 0 Å². The Bertz CT molecular complexity index is 493. The quantitative estimate of drug-likeness (QED) is 0.705. The first-order valence-corrected chi connectivity index (χ1v) is 5.26. The van der Waals surface area contributed by atoms with Gasteiger partial charge in [0.05, 0.1) is 17.9 Å². The summed E-state index contributed by atoms with van der Waals surface area (Å²) in [6, 6.07) is 7.57. The van der Waals surface area contributed by atoms with Gasteiger partial charge in [-0.15, -0.1) is 0 Å². The fourth-order valence-corrected chi connectivity index (χ4v) is 1.81. The molecule has 88 valence electrons. The second-order valence-electron chi connectivity index (χ2n) is 3.64. The minimum absolute atomic E-state index is 0.413. The van der Waals surface area contributed by atoms with E-state index in [-0.39, 0.29) is 0 Å². The number of rotatable bonds is 1. The summed E-state index contributed by atoms with van der Waals surface area (Å²) in [5, 5.41) is 3.18. The molecule has 3 N–H and O–H groups in total. The van der Waals surface area contributed by atoms with Gasteiger partial charge in [-0.05, 0) is 12.1 Å². The van der Waals surface area contributed by atoms with E-state index in [9.17, 15) is 4.79 Å². The molecule has 2 rings (SSSR count). The molecule has 1 aromatic carbocycles. The Morgan fingerprint density at radius 2 is 2.24 bits per heavy atom.